The Balaban J connectivity index is 1.47. The van der Waals surface area contributed by atoms with Gasteiger partial charge in [-0.3, -0.25) is 9.59 Å². The van der Waals surface area contributed by atoms with Crippen LogP contribution in [-0.4, -0.2) is 41.2 Å². The van der Waals surface area contributed by atoms with Crippen molar-refractivity contribution in [3.63, 3.8) is 0 Å². The second-order valence-corrected chi connectivity index (χ2v) is 9.68. The van der Waals surface area contributed by atoms with Gasteiger partial charge in [0.1, 0.15) is 6.04 Å². The Bertz CT molecular complexity index is 1140. The van der Waals surface area contributed by atoms with E-state index in [0.717, 1.165) is 27.3 Å². The molecule has 2 heterocycles. The fourth-order valence-electron chi connectivity index (χ4n) is 4.53. The average Bonchev–Trinajstić information content (AvgIpc) is 3.58. The van der Waals surface area contributed by atoms with Crippen molar-refractivity contribution in [2.45, 2.75) is 37.4 Å². The molecule has 1 fully saturated rings. The number of benzene rings is 2. The molecule has 35 heavy (non-hydrogen) atoms. The minimum absolute atomic E-state index is 0.186. The number of nitrogens with zero attached hydrogens (tertiary/aromatic N) is 2. The van der Waals surface area contributed by atoms with E-state index >= 15 is 0 Å². The summed E-state index contributed by atoms with van der Waals surface area (Å²) in [5.74, 6) is 4.77. The normalized spacial score (nSPS) is 16.9. The van der Waals surface area contributed by atoms with E-state index < -0.39 is 12.1 Å². The SMILES string of the molecule is NN=C(N)c1ccc(CNC(=O)[C@@H]2CCCN2C(=O)[C@H](N)C(c2ccccc2)c2ccccc2)s1. The third kappa shape index (κ3) is 5.52. The maximum Gasteiger partial charge on any atom is 0.243 e. The zero-order chi connectivity index (χ0) is 24.8. The molecule has 1 aromatic heterocycles. The quantitative estimate of drug-likeness (QED) is 0.166. The molecule has 0 unspecified atom stereocenters. The predicted molar refractivity (Wildman–Crippen MR) is 139 cm³/mol. The van der Waals surface area contributed by atoms with Crippen LogP contribution in [0, 0.1) is 0 Å². The zero-order valence-electron chi connectivity index (χ0n) is 19.3. The molecule has 182 valence electrons. The van der Waals surface area contributed by atoms with Gasteiger partial charge < -0.3 is 27.5 Å². The van der Waals surface area contributed by atoms with Crippen LogP contribution in [0.1, 0.15) is 39.6 Å². The van der Waals surface area contributed by atoms with Gasteiger partial charge in [0.05, 0.1) is 17.5 Å². The van der Waals surface area contributed by atoms with Crippen LogP contribution in [-0.2, 0) is 16.1 Å². The summed E-state index contributed by atoms with van der Waals surface area (Å²) in [6.45, 7) is 0.843. The largest absolute Gasteiger partial charge is 0.381 e. The minimum atomic E-state index is -0.813. The number of rotatable bonds is 8. The Morgan fingerprint density at radius 2 is 1.66 bits per heavy atom. The molecule has 2 atom stereocenters. The van der Waals surface area contributed by atoms with Gasteiger partial charge >= 0.3 is 0 Å². The number of likely N-dealkylation sites (tertiary alicyclic amines) is 1. The van der Waals surface area contributed by atoms with E-state index in [1.807, 2.05) is 72.8 Å². The predicted octanol–water partition coefficient (Wildman–Crippen LogP) is 2.09. The fraction of sp³-hybridized carbons (Fsp3) is 0.269. The van der Waals surface area contributed by atoms with Gasteiger partial charge in [-0.15, -0.1) is 11.3 Å². The van der Waals surface area contributed by atoms with E-state index in [0.29, 0.717) is 19.5 Å². The van der Waals surface area contributed by atoms with Gasteiger partial charge in [0.2, 0.25) is 11.8 Å². The molecular formula is C26H30N6O2S. The van der Waals surface area contributed by atoms with Crippen molar-refractivity contribution in [3.8, 4) is 0 Å². The monoisotopic (exact) mass is 490 g/mol. The van der Waals surface area contributed by atoms with Gasteiger partial charge in [0, 0.05) is 17.3 Å². The lowest BCUT2D eigenvalue weighted by Gasteiger charge is -2.31. The third-order valence-corrected chi connectivity index (χ3v) is 7.40. The van der Waals surface area contributed by atoms with Crippen molar-refractivity contribution in [1.29, 1.82) is 0 Å². The number of hydrazone groups is 1. The number of nitrogens with two attached hydrogens (primary N) is 3. The smallest absolute Gasteiger partial charge is 0.243 e. The number of thiophene rings is 1. The van der Waals surface area contributed by atoms with Crippen LogP contribution in [0.5, 0.6) is 0 Å². The second-order valence-electron chi connectivity index (χ2n) is 8.51. The van der Waals surface area contributed by atoms with E-state index in [1.54, 1.807) is 4.90 Å². The van der Waals surface area contributed by atoms with Crippen LogP contribution in [0.25, 0.3) is 0 Å². The first-order valence-electron chi connectivity index (χ1n) is 11.6. The number of hydrogen-bond acceptors (Lipinski definition) is 6. The highest BCUT2D eigenvalue weighted by molar-refractivity contribution is 7.14. The number of hydrogen-bond donors (Lipinski definition) is 4. The maximum absolute atomic E-state index is 13.6. The van der Waals surface area contributed by atoms with E-state index in [-0.39, 0.29) is 23.6 Å². The third-order valence-electron chi connectivity index (χ3n) is 6.29. The van der Waals surface area contributed by atoms with Crippen LogP contribution in [0.2, 0.25) is 0 Å². The molecule has 7 N–H and O–H groups in total. The molecule has 0 spiro atoms. The van der Waals surface area contributed by atoms with Gasteiger partial charge in [-0.05, 0) is 36.1 Å². The lowest BCUT2D eigenvalue weighted by molar-refractivity contribution is -0.139. The number of amides is 2. The Morgan fingerprint density at radius 3 is 2.26 bits per heavy atom. The molecule has 1 saturated heterocycles. The maximum atomic E-state index is 13.6. The molecular weight excluding hydrogens is 460 g/mol. The van der Waals surface area contributed by atoms with E-state index in [4.69, 9.17) is 17.3 Å². The molecule has 9 heteroatoms. The molecule has 2 amide bonds. The zero-order valence-corrected chi connectivity index (χ0v) is 20.2. The van der Waals surface area contributed by atoms with Crippen LogP contribution in [0.4, 0.5) is 0 Å². The summed E-state index contributed by atoms with van der Waals surface area (Å²) in [5.41, 5.74) is 14.3. The van der Waals surface area contributed by atoms with Crippen molar-refractivity contribution in [1.82, 2.24) is 10.2 Å². The van der Waals surface area contributed by atoms with Crippen molar-refractivity contribution in [2.24, 2.45) is 22.4 Å². The second kappa shape index (κ2) is 11.2. The molecule has 0 radical (unpaired) electrons. The summed E-state index contributed by atoms with van der Waals surface area (Å²) in [6.07, 6.45) is 1.36. The molecule has 2 aromatic carbocycles. The first-order valence-corrected chi connectivity index (χ1v) is 12.4. The lowest BCUT2D eigenvalue weighted by atomic mass is 9.84. The molecule has 3 aromatic rings. The molecule has 1 aliphatic rings. The molecule has 8 nitrogen and oxygen atoms in total. The number of nitrogens with one attached hydrogen (secondary N) is 1. The lowest BCUT2D eigenvalue weighted by Crippen LogP contribution is -2.52. The van der Waals surface area contributed by atoms with Crippen molar-refractivity contribution < 1.29 is 9.59 Å². The number of carbonyl (C=O) groups is 2. The van der Waals surface area contributed by atoms with Gasteiger partial charge in [-0.1, -0.05) is 60.7 Å². The molecule has 0 aliphatic carbocycles. The summed E-state index contributed by atoms with van der Waals surface area (Å²) < 4.78 is 0. The Labute approximate surface area is 208 Å². The molecule has 4 rings (SSSR count). The van der Waals surface area contributed by atoms with Crippen molar-refractivity contribution in [2.75, 3.05) is 6.54 Å². The first kappa shape index (κ1) is 24.4. The van der Waals surface area contributed by atoms with Crippen LogP contribution >= 0.6 is 11.3 Å². The van der Waals surface area contributed by atoms with Crippen LogP contribution in [0.15, 0.2) is 77.9 Å². The van der Waals surface area contributed by atoms with E-state index in [2.05, 4.69) is 10.4 Å². The summed E-state index contributed by atoms with van der Waals surface area (Å²) in [5, 5.41) is 6.45. The summed E-state index contributed by atoms with van der Waals surface area (Å²) in [6, 6.07) is 21.9. The Kier molecular flexibility index (Phi) is 7.79. The number of amidine groups is 1. The van der Waals surface area contributed by atoms with Gasteiger partial charge in [0.25, 0.3) is 0 Å². The van der Waals surface area contributed by atoms with Crippen molar-refractivity contribution in [3.05, 3.63) is 93.7 Å². The minimum Gasteiger partial charge on any atom is -0.381 e. The topological polar surface area (TPSA) is 140 Å². The average molecular weight is 491 g/mol. The summed E-state index contributed by atoms with van der Waals surface area (Å²) in [4.78, 5) is 30.0. The molecule has 0 saturated carbocycles. The Hall–Kier alpha value is -3.69. The highest BCUT2D eigenvalue weighted by atomic mass is 32.1. The summed E-state index contributed by atoms with van der Waals surface area (Å²) >= 11 is 1.41. The fourth-order valence-corrected chi connectivity index (χ4v) is 5.39. The van der Waals surface area contributed by atoms with Gasteiger partial charge in [-0.25, -0.2) is 0 Å². The van der Waals surface area contributed by atoms with Crippen LogP contribution < -0.4 is 22.6 Å². The van der Waals surface area contributed by atoms with Gasteiger partial charge in [-0.2, -0.15) is 5.10 Å². The van der Waals surface area contributed by atoms with Crippen LogP contribution in [0.3, 0.4) is 0 Å². The summed E-state index contributed by atoms with van der Waals surface area (Å²) in [7, 11) is 0. The molecule has 0 bridgehead atoms. The standard InChI is InChI=1S/C26H30N6O2S/c27-23(22(17-8-3-1-4-9-17)18-10-5-2-6-11-18)26(34)32-15-7-12-20(32)25(33)30-16-19-13-14-21(35-19)24(28)31-29/h1-6,8-11,13-14,20,22-23H,7,12,15-16,27,29H2,(H2,28,31)(H,30,33)/t20-,23+/m0/s1. The van der Waals surface area contributed by atoms with Crippen molar-refractivity contribution >= 4 is 29.0 Å². The highest BCUT2D eigenvalue weighted by Crippen LogP contribution is 2.30. The van der Waals surface area contributed by atoms with E-state index in [9.17, 15) is 9.59 Å². The highest BCUT2D eigenvalue weighted by Gasteiger charge is 2.39. The first-order chi connectivity index (χ1) is 17.0. The van der Waals surface area contributed by atoms with Gasteiger partial charge in [0.15, 0.2) is 5.84 Å². The molecule has 1 aliphatic heterocycles. The Morgan fingerprint density at radius 1 is 1.03 bits per heavy atom. The van der Waals surface area contributed by atoms with E-state index in [1.165, 1.54) is 11.3 Å². The number of carbonyl (C=O) groups excluding carboxylic acids is 2.